The number of fused-ring (bicyclic) bond motifs is 4. The fourth-order valence-electron chi connectivity index (χ4n) is 4.53. The van der Waals surface area contributed by atoms with Gasteiger partial charge in [0.05, 0.1) is 23.6 Å². The molecule has 0 fully saturated rings. The smallest absolute Gasteiger partial charge is 0.340 e. The molecule has 0 atom stereocenters. The van der Waals surface area contributed by atoms with Gasteiger partial charge >= 0.3 is 5.63 Å². The van der Waals surface area contributed by atoms with E-state index in [1.165, 1.54) is 0 Å². The first kappa shape index (κ1) is 22.1. The van der Waals surface area contributed by atoms with Crippen LogP contribution in [-0.4, -0.2) is 19.1 Å². The molecule has 0 saturated heterocycles. The number of aryl methyl sites for hydroxylation is 2. The quantitative estimate of drug-likeness (QED) is 0.411. The molecule has 1 N–H and O–H groups in total. The summed E-state index contributed by atoms with van der Waals surface area (Å²) in [6.07, 6.45) is 1.65. The third kappa shape index (κ3) is 3.71. The summed E-state index contributed by atoms with van der Waals surface area (Å²) in [5.74, 6) is 0.892. The largest absolute Gasteiger partial charge is 0.486 e. The number of nitrogens with one attached hydrogen (secondary N) is 1. The Bertz CT molecular complexity index is 1500. The minimum absolute atomic E-state index is 0.112. The number of hydrogen-bond donors (Lipinski definition) is 1. The van der Waals surface area contributed by atoms with Crippen molar-refractivity contribution in [3.63, 3.8) is 0 Å². The van der Waals surface area contributed by atoms with E-state index >= 15 is 0 Å². The zero-order valence-corrected chi connectivity index (χ0v) is 20.0. The van der Waals surface area contributed by atoms with Gasteiger partial charge < -0.3 is 23.6 Å². The Balaban J connectivity index is 1.53. The maximum atomic E-state index is 12.9. The van der Waals surface area contributed by atoms with Gasteiger partial charge in [0.1, 0.15) is 24.4 Å². The van der Waals surface area contributed by atoms with Gasteiger partial charge in [-0.2, -0.15) is 0 Å². The van der Waals surface area contributed by atoms with Crippen LogP contribution in [-0.2, 0) is 16.6 Å². The molecule has 5 rings (SSSR count). The Morgan fingerprint density at radius 1 is 1.03 bits per heavy atom. The minimum atomic E-state index is -0.524. The molecule has 4 aromatic rings. The van der Waals surface area contributed by atoms with Crippen LogP contribution >= 0.6 is 0 Å². The Kier molecular flexibility index (Phi) is 5.15. The second-order valence-corrected chi connectivity index (χ2v) is 9.75. The first-order valence-electron chi connectivity index (χ1n) is 11.3. The van der Waals surface area contributed by atoms with E-state index in [2.05, 4.69) is 26.1 Å². The number of amides is 1. The van der Waals surface area contributed by atoms with E-state index in [-0.39, 0.29) is 17.7 Å². The van der Waals surface area contributed by atoms with Crippen molar-refractivity contribution >= 4 is 33.5 Å². The molecule has 0 unspecified atom stereocenters. The lowest BCUT2D eigenvalue weighted by atomic mass is 9.85. The highest BCUT2D eigenvalue weighted by molar-refractivity contribution is 6.07. The topological polar surface area (TPSA) is 90.9 Å². The number of ether oxygens (including phenoxy) is 2. The van der Waals surface area contributed by atoms with E-state index in [1.807, 2.05) is 19.9 Å². The fraction of sp³-hybridized carbons (Fsp3) is 0.333. The zero-order valence-electron chi connectivity index (χ0n) is 20.0. The molecule has 0 aliphatic carbocycles. The highest BCUT2D eigenvalue weighted by atomic mass is 16.6. The van der Waals surface area contributed by atoms with Crippen LogP contribution < -0.4 is 20.4 Å². The van der Waals surface area contributed by atoms with Crippen molar-refractivity contribution in [2.75, 3.05) is 18.5 Å². The summed E-state index contributed by atoms with van der Waals surface area (Å²) in [4.78, 5) is 25.7. The summed E-state index contributed by atoms with van der Waals surface area (Å²) in [7, 11) is 0. The predicted octanol–water partition coefficient (Wildman–Crippen LogP) is 5.41. The van der Waals surface area contributed by atoms with E-state index in [0.29, 0.717) is 52.7 Å². The lowest BCUT2D eigenvalue weighted by Gasteiger charge is -2.19. The highest BCUT2D eigenvalue weighted by Gasteiger charge is 2.25. The number of benzene rings is 2. The molecule has 34 heavy (non-hydrogen) atoms. The summed E-state index contributed by atoms with van der Waals surface area (Å²) in [6.45, 7) is 11.2. The number of hydrogen-bond acceptors (Lipinski definition) is 6. The number of carbonyl (C=O) groups excluding carboxylic acids is 1. The highest BCUT2D eigenvalue weighted by Crippen LogP contribution is 2.39. The lowest BCUT2D eigenvalue weighted by molar-refractivity contribution is -0.115. The van der Waals surface area contributed by atoms with Crippen LogP contribution in [0.25, 0.3) is 21.9 Å². The van der Waals surface area contributed by atoms with E-state index in [9.17, 15) is 9.59 Å². The normalized spacial score (nSPS) is 13.4. The van der Waals surface area contributed by atoms with E-state index in [0.717, 1.165) is 21.9 Å². The minimum Gasteiger partial charge on any atom is -0.486 e. The number of carbonyl (C=O) groups is 1. The maximum Gasteiger partial charge on any atom is 0.340 e. The van der Waals surface area contributed by atoms with Crippen molar-refractivity contribution in [2.24, 2.45) is 0 Å². The van der Waals surface area contributed by atoms with Gasteiger partial charge in [-0.05, 0) is 48.6 Å². The molecule has 0 bridgehead atoms. The second kappa shape index (κ2) is 7.94. The second-order valence-electron chi connectivity index (χ2n) is 9.75. The Morgan fingerprint density at radius 3 is 2.50 bits per heavy atom. The molecule has 0 saturated carbocycles. The average molecular weight is 462 g/mol. The molecule has 7 nitrogen and oxygen atoms in total. The van der Waals surface area contributed by atoms with Crippen LogP contribution in [0.15, 0.2) is 44.2 Å². The van der Waals surface area contributed by atoms with E-state index < -0.39 is 5.63 Å². The van der Waals surface area contributed by atoms with Crippen molar-refractivity contribution in [1.82, 2.24) is 0 Å². The average Bonchev–Trinajstić information content (AvgIpc) is 3.23. The third-order valence-corrected chi connectivity index (χ3v) is 6.25. The van der Waals surface area contributed by atoms with Gasteiger partial charge in [0, 0.05) is 22.7 Å². The first-order chi connectivity index (χ1) is 16.1. The standard InChI is InChI=1S/C27H27NO6/c1-14-10-21-24(25-23(14)18(13-33-25)27(3,4)5)15(2)17(26(30)34-21)12-22(29)28-16-6-7-19-20(11-16)32-9-8-31-19/h6-7,10-11,13H,8-9,12H2,1-5H3,(H,28,29). The molecule has 0 radical (unpaired) electrons. The van der Waals surface area contributed by atoms with Crippen LogP contribution in [0.5, 0.6) is 11.5 Å². The molecule has 1 aliphatic heterocycles. The Labute approximate surface area is 196 Å². The lowest BCUT2D eigenvalue weighted by Crippen LogP contribution is -2.21. The predicted molar refractivity (Wildman–Crippen MR) is 130 cm³/mol. The van der Waals surface area contributed by atoms with Crippen molar-refractivity contribution < 1.29 is 23.1 Å². The van der Waals surface area contributed by atoms with E-state index in [4.69, 9.17) is 18.3 Å². The van der Waals surface area contributed by atoms with Gasteiger partial charge in [-0.1, -0.05) is 20.8 Å². The molecule has 2 aromatic heterocycles. The summed E-state index contributed by atoms with van der Waals surface area (Å²) in [5.41, 5.74) is 4.12. The van der Waals surface area contributed by atoms with Gasteiger partial charge in [0.2, 0.25) is 5.91 Å². The molecule has 2 aromatic carbocycles. The fourth-order valence-corrected chi connectivity index (χ4v) is 4.53. The number of rotatable bonds is 3. The first-order valence-corrected chi connectivity index (χ1v) is 11.3. The van der Waals surface area contributed by atoms with Crippen LogP contribution in [0.4, 0.5) is 5.69 Å². The maximum absolute atomic E-state index is 12.9. The van der Waals surface area contributed by atoms with Crippen molar-refractivity contribution in [1.29, 1.82) is 0 Å². The van der Waals surface area contributed by atoms with Gasteiger partial charge in [-0.15, -0.1) is 0 Å². The third-order valence-electron chi connectivity index (χ3n) is 6.25. The molecular formula is C27H27NO6. The molecule has 0 spiro atoms. The molecule has 3 heterocycles. The van der Waals surface area contributed by atoms with Crippen LogP contribution in [0.2, 0.25) is 0 Å². The van der Waals surface area contributed by atoms with Crippen LogP contribution in [0.1, 0.15) is 43.0 Å². The number of anilines is 1. The summed E-state index contributed by atoms with van der Waals surface area (Å²) >= 11 is 0. The van der Waals surface area contributed by atoms with Crippen LogP contribution in [0.3, 0.4) is 0 Å². The number of furan rings is 1. The van der Waals surface area contributed by atoms with E-state index in [1.54, 1.807) is 24.5 Å². The summed E-state index contributed by atoms with van der Waals surface area (Å²) in [5, 5.41) is 4.57. The van der Waals surface area contributed by atoms with Gasteiger partial charge in [-0.3, -0.25) is 4.79 Å². The van der Waals surface area contributed by atoms with Crippen LogP contribution in [0, 0.1) is 13.8 Å². The zero-order chi connectivity index (χ0) is 24.2. The van der Waals surface area contributed by atoms with Gasteiger partial charge in [0.25, 0.3) is 0 Å². The summed E-state index contributed by atoms with van der Waals surface area (Å²) < 4.78 is 22.8. The van der Waals surface area contributed by atoms with Crippen molar-refractivity contribution in [2.45, 2.75) is 46.5 Å². The molecule has 176 valence electrons. The molecule has 7 heteroatoms. The molecule has 1 amide bonds. The van der Waals surface area contributed by atoms with Crippen molar-refractivity contribution in [3.8, 4) is 11.5 Å². The molecular weight excluding hydrogens is 434 g/mol. The SMILES string of the molecule is Cc1cc2oc(=O)c(CC(=O)Nc3ccc4c(c3)OCCO4)c(C)c2c2occ(C(C)(C)C)c12. The van der Waals surface area contributed by atoms with Gasteiger partial charge in [-0.25, -0.2) is 4.79 Å². The summed E-state index contributed by atoms with van der Waals surface area (Å²) in [6, 6.07) is 7.08. The molecule has 1 aliphatic rings. The monoisotopic (exact) mass is 461 g/mol. The van der Waals surface area contributed by atoms with Gasteiger partial charge in [0.15, 0.2) is 11.5 Å². The van der Waals surface area contributed by atoms with Crippen molar-refractivity contribution in [3.05, 3.63) is 63.2 Å². The Morgan fingerprint density at radius 2 is 1.76 bits per heavy atom. The Hall–Kier alpha value is -3.74.